The monoisotopic (exact) mass is 889 g/mol. The summed E-state index contributed by atoms with van der Waals surface area (Å²) in [6.45, 7) is 0. The summed E-state index contributed by atoms with van der Waals surface area (Å²) < 4.78 is 7.29. The van der Waals surface area contributed by atoms with Crippen molar-refractivity contribution in [3.63, 3.8) is 0 Å². The van der Waals surface area contributed by atoms with Gasteiger partial charge in [0.1, 0.15) is 5.58 Å². The summed E-state index contributed by atoms with van der Waals surface area (Å²) in [5.41, 5.74) is 14.2. The van der Waals surface area contributed by atoms with Gasteiger partial charge in [-0.1, -0.05) is 212 Å². The van der Waals surface area contributed by atoms with Gasteiger partial charge in [0.05, 0.1) is 11.4 Å². The summed E-state index contributed by atoms with van der Waals surface area (Å²) in [4.78, 5) is 2.42. The molecule has 70 heavy (non-hydrogen) atoms. The summed E-state index contributed by atoms with van der Waals surface area (Å²) in [5.74, 6) is 0. The molecule has 0 bridgehead atoms. The lowest BCUT2D eigenvalue weighted by molar-refractivity contribution is 0.670. The van der Waals surface area contributed by atoms with Crippen LogP contribution in [0.25, 0.3) is 120 Å². The van der Waals surface area contributed by atoms with Crippen LogP contribution in [0.15, 0.2) is 265 Å². The third-order valence-electron chi connectivity index (χ3n) is 14.4. The van der Waals surface area contributed by atoms with Gasteiger partial charge in [0.15, 0.2) is 5.58 Å². The Morgan fingerprint density at radius 3 is 1.43 bits per heavy atom. The van der Waals surface area contributed by atoms with Gasteiger partial charge < -0.3 is 9.32 Å². The van der Waals surface area contributed by atoms with E-state index >= 15 is 0 Å². The molecule has 0 aliphatic heterocycles. The number of nitrogens with zero attached hydrogens (tertiary/aromatic N) is 1. The fourth-order valence-electron chi connectivity index (χ4n) is 10.9. The molecule has 0 saturated heterocycles. The molecular weight excluding hydrogens is 847 g/mol. The van der Waals surface area contributed by atoms with Crippen LogP contribution in [0, 0.1) is 0 Å². The van der Waals surface area contributed by atoms with E-state index < -0.39 is 0 Å². The predicted molar refractivity (Wildman–Crippen MR) is 298 cm³/mol. The first-order valence-electron chi connectivity index (χ1n) is 24.1. The summed E-state index contributed by atoms with van der Waals surface area (Å²) in [5, 5.41) is 14.3. The van der Waals surface area contributed by atoms with E-state index in [1.807, 2.05) is 0 Å². The minimum atomic E-state index is 0.849. The van der Waals surface area contributed by atoms with Crippen LogP contribution in [-0.2, 0) is 0 Å². The van der Waals surface area contributed by atoms with E-state index in [0.717, 1.165) is 71.8 Å². The average molecular weight is 890 g/mol. The molecule has 14 aromatic rings. The van der Waals surface area contributed by atoms with Crippen LogP contribution in [0.5, 0.6) is 0 Å². The molecule has 1 aromatic heterocycles. The number of benzene rings is 13. The van der Waals surface area contributed by atoms with Gasteiger partial charge in [-0.2, -0.15) is 0 Å². The molecule has 1 heterocycles. The number of hydrogen-bond donors (Lipinski definition) is 0. The topological polar surface area (TPSA) is 16.4 Å². The van der Waals surface area contributed by atoms with Crippen LogP contribution in [0.1, 0.15) is 0 Å². The molecule has 2 heteroatoms. The van der Waals surface area contributed by atoms with Gasteiger partial charge in [-0.25, -0.2) is 0 Å². The van der Waals surface area contributed by atoms with E-state index in [1.165, 1.54) is 65.5 Å². The van der Waals surface area contributed by atoms with Crippen LogP contribution in [-0.4, -0.2) is 0 Å². The average Bonchev–Trinajstić information content (AvgIpc) is 3.84. The number of furan rings is 1. The van der Waals surface area contributed by atoms with Crippen LogP contribution < -0.4 is 4.90 Å². The Labute approximate surface area is 405 Å². The highest BCUT2D eigenvalue weighted by atomic mass is 16.3. The van der Waals surface area contributed by atoms with Crippen molar-refractivity contribution in [3.05, 3.63) is 261 Å². The molecule has 0 atom stereocenters. The van der Waals surface area contributed by atoms with E-state index in [0.29, 0.717) is 0 Å². The van der Waals surface area contributed by atoms with Crippen molar-refractivity contribution in [2.75, 3.05) is 4.90 Å². The zero-order valence-electron chi connectivity index (χ0n) is 38.2. The highest BCUT2D eigenvalue weighted by Gasteiger charge is 2.25. The van der Waals surface area contributed by atoms with Crippen molar-refractivity contribution in [2.45, 2.75) is 0 Å². The van der Waals surface area contributed by atoms with Crippen molar-refractivity contribution in [2.24, 2.45) is 0 Å². The molecule has 0 N–H and O–H groups in total. The lowest BCUT2D eigenvalue weighted by atomic mass is 9.94. The van der Waals surface area contributed by atoms with Crippen LogP contribution in [0.4, 0.5) is 17.1 Å². The van der Waals surface area contributed by atoms with E-state index in [9.17, 15) is 0 Å². The lowest BCUT2D eigenvalue weighted by Gasteiger charge is -2.28. The summed E-state index contributed by atoms with van der Waals surface area (Å²) in [6, 6.07) is 95.0. The Balaban J connectivity index is 0.945. The quantitative estimate of drug-likeness (QED) is 0.159. The largest absolute Gasteiger partial charge is 0.453 e. The normalized spacial score (nSPS) is 11.7. The van der Waals surface area contributed by atoms with E-state index in [4.69, 9.17) is 4.42 Å². The minimum Gasteiger partial charge on any atom is -0.453 e. The smallest absolute Gasteiger partial charge is 0.160 e. The van der Waals surface area contributed by atoms with E-state index in [2.05, 4.69) is 266 Å². The molecule has 14 rings (SSSR count). The fourth-order valence-corrected chi connectivity index (χ4v) is 10.9. The third kappa shape index (κ3) is 6.64. The zero-order chi connectivity index (χ0) is 46.1. The minimum absolute atomic E-state index is 0.849. The molecule has 326 valence electrons. The highest BCUT2D eigenvalue weighted by molar-refractivity contribution is 6.25. The maximum Gasteiger partial charge on any atom is 0.160 e. The molecule has 0 amide bonds. The van der Waals surface area contributed by atoms with Gasteiger partial charge in [0.2, 0.25) is 0 Å². The Hall–Kier alpha value is -9.24. The zero-order valence-corrected chi connectivity index (χ0v) is 38.2. The predicted octanol–water partition coefficient (Wildman–Crippen LogP) is 19.5. The van der Waals surface area contributed by atoms with Crippen LogP contribution >= 0.6 is 0 Å². The second kappa shape index (κ2) is 16.2. The summed E-state index contributed by atoms with van der Waals surface area (Å²) in [6.07, 6.45) is 0. The molecule has 0 unspecified atom stereocenters. The first-order chi connectivity index (χ1) is 34.7. The van der Waals surface area contributed by atoms with Crippen LogP contribution in [0.3, 0.4) is 0 Å². The standard InChI is InChI=1S/C68H43NO/c1-2-15-47(16-3-1)60-22-11-25-63-66-59-20-9-8-19-55(59)43-65(68(66)70-67(60)63)69(64-26-12-23-61-58(21-10-24-62(61)64)56-34-28-45-14-5-7-18-49(45)42-56)57-37-35-46(36-38-57)50-30-31-53-41-54(33-32-52(53)40-50)51-29-27-44-13-4-6-17-48(44)39-51/h1-43H. The molecule has 0 aliphatic carbocycles. The molecular formula is C68H43NO. The Morgan fingerprint density at radius 1 is 0.243 bits per heavy atom. The highest BCUT2D eigenvalue weighted by Crippen LogP contribution is 2.49. The summed E-state index contributed by atoms with van der Waals surface area (Å²) >= 11 is 0. The van der Waals surface area contributed by atoms with Gasteiger partial charge in [0, 0.05) is 27.4 Å². The first-order valence-corrected chi connectivity index (χ1v) is 24.1. The van der Waals surface area contributed by atoms with Crippen molar-refractivity contribution < 1.29 is 4.42 Å². The number of rotatable bonds is 7. The van der Waals surface area contributed by atoms with E-state index in [-0.39, 0.29) is 0 Å². The molecule has 0 spiro atoms. The van der Waals surface area contributed by atoms with Crippen molar-refractivity contribution >= 4 is 92.9 Å². The lowest BCUT2D eigenvalue weighted by Crippen LogP contribution is -2.11. The Bertz CT molecular complexity index is 4350. The molecule has 2 nitrogen and oxygen atoms in total. The van der Waals surface area contributed by atoms with Gasteiger partial charge in [-0.3, -0.25) is 0 Å². The fraction of sp³-hybridized carbons (Fsp3) is 0. The van der Waals surface area contributed by atoms with E-state index in [1.54, 1.807) is 0 Å². The number of anilines is 3. The number of hydrogen-bond acceptors (Lipinski definition) is 2. The summed E-state index contributed by atoms with van der Waals surface area (Å²) in [7, 11) is 0. The first kappa shape index (κ1) is 39.9. The van der Waals surface area contributed by atoms with Crippen molar-refractivity contribution in [1.29, 1.82) is 0 Å². The van der Waals surface area contributed by atoms with Gasteiger partial charge in [-0.05, 0) is 136 Å². The molecule has 13 aromatic carbocycles. The van der Waals surface area contributed by atoms with Crippen molar-refractivity contribution in [3.8, 4) is 44.5 Å². The Kier molecular flexibility index (Phi) is 9.25. The molecule has 0 aliphatic rings. The Morgan fingerprint density at radius 2 is 0.729 bits per heavy atom. The number of para-hydroxylation sites is 1. The third-order valence-corrected chi connectivity index (χ3v) is 14.4. The van der Waals surface area contributed by atoms with Crippen molar-refractivity contribution in [1.82, 2.24) is 0 Å². The van der Waals surface area contributed by atoms with Gasteiger partial charge in [0.25, 0.3) is 0 Å². The SMILES string of the molecule is c1ccc(-c2cccc3c2oc2c(N(c4ccc(-c5ccc6cc(-c7ccc8ccccc8c7)ccc6c5)cc4)c4cccc5c(-c6ccc7ccccc7c6)cccc45)cc4ccccc4c23)cc1. The molecule has 0 saturated carbocycles. The van der Waals surface area contributed by atoms with Crippen LogP contribution in [0.2, 0.25) is 0 Å². The second-order valence-corrected chi connectivity index (χ2v) is 18.4. The maximum atomic E-state index is 7.29. The van der Waals surface area contributed by atoms with Gasteiger partial charge in [-0.15, -0.1) is 0 Å². The second-order valence-electron chi connectivity index (χ2n) is 18.4. The molecule has 0 fully saturated rings. The van der Waals surface area contributed by atoms with Gasteiger partial charge >= 0.3 is 0 Å². The molecule has 0 radical (unpaired) electrons. The maximum absolute atomic E-state index is 7.29. The number of fused-ring (bicyclic) bond motifs is 9.